The molecule has 0 aromatic rings. The Hall–Kier alpha value is -0.370. The zero-order valence-corrected chi connectivity index (χ0v) is 7.25. The highest BCUT2D eigenvalue weighted by Crippen LogP contribution is 2.06. The number of rotatable bonds is 7. The van der Waals surface area contributed by atoms with E-state index in [9.17, 15) is 4.79 Å². The van der Waals surface area contributed by atoms with Crippen molar-refractivity contribution in [2.45, 2.75) is 51.6 Å². The number of hydrogen-bond donors (Lipinski definition) is 1. The van der Waals surface area contributed by atoms with Gasteiger partial charge in [0.2, 0.25) is 0 Å². The van der Waals surface area contributed by atoms with Crippen LogP contribution in [-0.2, 0) is 4.79 Å². The molecule has 0 aliphatic rings. The third-order valence-corrected chi connectivity index (χ3v) is 1.76. The Morgan fingerprint density at radius 3 is 2.64 bits per heavy atom. The first-order chi connectivity index (χ1) is 5.31. The first-order valence-corrected chi connectivity index (χ1v) is 4.43. The molecule has 0 saturated heterocycles. The predicted octanol–water partition coefficient (Wildman–Crippen LogP) is 1.91. The zero-order valence-electron chi connectivity index (χ0n) is 7.25. The Bertz CT molecular complexity index is 91.6. The molecule has 0 bridgehead atoms. The van der Waals surface area contributed by atoms with Gasteiger partial charge in [0.25, 0.3) is 0 Å². The summed E-state index contributed by atoms with van der Waals surface area (Å²) < 4.78 is 0. The molecule has 0 aliphatic carbocycles. The van der Waals surface area contributed by atoms with Gasteiger partial charge >= 0.3 is 0 Å². The summed E-state index contributed by atoms with van der Waals surface area (Å²) >= 11 is 0. The van der Waals surface area contributed by atoms with E-state index >= 15 is 0 Å². The highest BCUT2D eigenvalue weighted by atomic mass is 16.3. The van der Waals surface area contributed by atoms with Gasteiger partial charge in [0.05, 0.1) is 6.10 Å². The monoisotopic (exact) mass is 158 g/mol. The topological polar surface area (TPSA) is 37.3 Å². The second-order valence-electron chi connectivity index (χ2n) is 2.91. The van der Waals surface area contributed by atoms with Crippen molar-refractivity contribution in [1.29, 1.82) is 0 Å². The number of carbonyl (C=O) groups excluding carboxylic acids is 1. The van der Waals surface area contributed by atoms with E-state index in [1.807, 2.05) is 0 Å². The number of carbonyl (C=O) groups is 1. The van der Waals surface area contributed by atoms with Crippen LogP contribution in [0.5, 0.6) is 0 Å². The molecule has 11 heavy (non-hydrogen) atoms. The lowest BCUT2D eigenvalue weighted by Crippen LogP contribution is -2.06. The van der Waals surface area contributed by atoms with E-state index in [2.05, 4.69) is 6.92 Å². The number of hydrogen-bond acceptors (Lipinski definition) is 2. The zero-order chi connectivity index (χ0) is 8.53. The lowest BCUT2D eigenvalue weighted by Gasteiger charge is -2.04. The molecule has 0 fully saturated rings. The van der Waals surface area contributed by atoms with E-state index in [1.54, 1.807) is 0 Å². The number of aliphatic hydroxyl groups is 1. The van der Waals surface area contributed by atoms with Crippen molar-refractivity contribution in [3.05, 3.63) is 0 Å². The number of aliphatic hydroxyl groups excluding tert-OH is 1. The Kier molecular flexibility index (Phi) is 7.47. The lowest BCUT2D eigenvalue weighted by molar-refractivity contribution is -0.109. The Morgan fingerprint density at radius 1 is 1.36 bits per heavy atom. The van der Waals surface area contributed by atoms with Crippen molar-refractivity contribution in [2.75, 3.05) is 0 Å². The van der Waals surface area contributed by atoms with Crippen molar-refractivity contribution < 1.29 is 9.90 Å². The van der Waals surface area contributed by atoms with Gasteiger partial charge in [-0.1, -0.05) is 32.6 Å². The molecular formula is C9H18O2. The largest absolute Gasteiger partial charge is 0.393 e. The fourth-order valence-corrected chi connectivity index (χ4v) is 1.04. The summed E-state index contributed by atoms with van der Waals surface area (Å²) in [5, 5.41) is 9.12. The van der Waals surface area contributed by atoms with Crippen molar-refractivity contribution in [2.24, 2.45) is 0 Å². The van der Waals surface area contributed by atoms with Gasteiger partial charge in [-0.3, -0.25) is 0 Å². The minimum Gasteiger partial charge on any atom is -0.393 e. The smallest absolute Gasteiger partial charge is 0.122 e. The summed E-state index contributed by atoms with van der Waals surface area (Å²) in [4.78, 5) is 9.94. The summed E-state index contributed by atoms with van der Waals surface area (Å²) in [6.07, 6.45) is 6.12. The normalized spacial score (nSPS) is 12.9. The van der Waals surface area contributed by atoms with Crippen molar-refractivity contribution in [3.8, 4) is 0 Å². The molecular weight excluding hydrogens is 140 g/mol. The average Bonchev–Trinajstić information content (AvgIpc) is 1.99. The van der Waals surface area contributed by atoms with Crippen LogP contribution in [0.4, 0.5) is 0 Å². The highest BCUT2D eigenvalue weighted by Gasteiger charge is 2.01. The second kappa shape index (κ2) is 7.73. The molecule has 0 rings (SSSR count). The van der Waals surface area contributed by atoms with E-state index < -0.39 is 6.10 Å². The first-order valence-electron chi connectivity index (χ1n) is 4.43. The molecule has 0 heterocycles. The van der Waals surface area contributed by atoms with Crippen LogP contribution >= 0.6 is 0 Å². The van der Waals surface area contributed by atoms with Crippen LogP contribution in [0.25, 0.3) is 0 Å². The summed E-state index contributed by atoms with van der Waals surface area (Å²) in [6.45, 7) is 2.15. The fourth-order valence-electron chi connectivity index (χ4n) is 1.04. The first kappa shape index (κ1) is 10.6. The Morgan fingerprint density at radius 2 is 2.09 bits per heavy atom. The van der Waals surface area contributed by atoms with Gasteiger partial charge in [-0.05, 0) is 6.42 Å². The van der Waals surface area contributed by atoms with Gasteiger partial charge in [-0.2, -0.15) is 0 Å². The van der Waals surface area contributed by atoms with E-state index in [4.69, 9.17) is 5.11 Å². The summed E-state index contributed by atoms with van der Waals surface area (Å²) in [5.74, 6) is 0. The van der Waals surface area contributed by atoms with E-state index in [-0.39, 0.29) is 0 Å². The fraction of sp³-hybridized carbons (Fsp3) is 0.889. The summed E-state index contributed by atoms with van der Waals surface area (Å²) in [7, 11) is 0. The van der Waals surface area contributed by atoms with E-state index in [1.165, 1.54) is 19.3 Å². The number of aldehydes is 1. The van der Waals surface area contributed by atoms with Gasteiger partial charge in [0.15, 0.2) is 0 Å². The van der Waals surface area contributed by atoms with Crippen LogP contribution in [0, 0.1) is 0 Å². The number of unbranched alkanes of at least 4 members (excludes halogenated alkanes) is 3. The Balaban J connectivity index is 3.03. The molecule has 0 aromatic carbocycles. The second-order valence-corrected chi connectivity index (χ2v) is 2.91. The molecule has 0 amide bonds. The van der Waals surface area contributed by atoms with Crippen molar-refractivity contribution in [1.82, 2.24) is 0 Å². The average molecular weight is 158 g/mol. The predicted molar refractivity (Wildman–Crippen MR) is 45.4 cm³/mol. The van der Waals surface area contributed by atoms with Crippen molar-refractivity contribution >= 4 is 6.29 Å². The van der Waals surface area contributed by atoms with Crippen LogP contribution < -0.4 is 0 Å². The van der Waals surface area contributed by atoms with Crippen LogP contribution in [0.3, 0.4) is 0 Å². The maximum Gasteiger partial charge on any atom is 0.122 e. The molecule has 0 aromatic heterocycles. The Labute approximate surface area is 68.6 Å². The minimum absolute atomic E-state index is 0.298. The third-order valence-electron chi connectivity index (χ3n) is 1.76. The lowest BCUT2D eigenvalue weighted by atomic mass is 10.1. The highest BCUT2D eigenvalue weighted by molar-refractivity contribution is 5.49. The van der Waals surface area contributed by atoms with E-state index in [0.29, 0.717) is 6.42 Å². The molecule has 0 aliphatic heterocycles. The van der Waals surface area contributed by atoms with Gasteiger partial charge in [0, 0.05) is 6.42 Å². The van der Waals surface area contributed by atoms with Gasteiger partial charge in [-0.15, -0.1) is 0 Å². The molecule has 0 spiro atoms. The molecule has 66 valence electrons. The SMILES string of the molecule is CCCCCCC(O)CC=O. The van der Waals surface area contributed by atoms with E-state index in [0.717, 1.165) is 19.1 Å². The molecule has 2 heteroatoms. The van der Waals surface area contributed by atoms with Crippen LogP contribution in [0.2, 0.25) is 0 Å². The van der Waals surface area contributed by atoms with Crippen molar-refractivity contribution in [3.63, 3.8) is 0 Å². The minimum atomic E-state index is -0.399. The van der Waals surface area contributed by atoms with Crippen LogP contribution in [-0.4, -0.2) is 17.5 Å². The molecule has 1 atom stereocenters. The van der Waals surface area contributed by atoms with Gasteiger partial charge < -0.3 is 9.90 Å². The van der Waals surface area contributed by atoms with Gasteiger partial charge in [-0.25, -0.2) is 0 Å². The molecule has 1 N–H and O–H groups in total. The maximum atomic E-state index is 9.94. The third kappa shape index (κ3) is 7.53. The molecule has 1 unspecified atom stereocenters. The summed E-state index contributed by atoms with van der Waals surface area (Å²) in [5.41, 5.74) is 0. The molecule has 0 saturated carbocycles. The van der Waals surface area contributed by atoms with Gasteiger partial charge in [0.1, 0.15) is 6.29 Å². The standard InChI is InChI=1S/C9H18O2/c1-2-3-4-5-6-9(11)7-8-10/h8-9,11H,2-7H2,1H3. The maximum absolute atomic E-state index is 9.94. The molecule has 2 nitrogen and oxygen atoms in total. The van der Waals surface area contributed by atoms with Crippen LogP contribution in [0.1, 0.15) is 45.4 Å². The quantitative estimate of drug-likeness (QED) is 0.454. The van der Waals surface area contributed by atoms with Crippen LogP contribution in [0.15, 0.2) is 0 Å². The molecule has 0 radical (unpaired) electrons. The summed E-state index contributed by atoms with van der Waals surface area (Å²) in [6, 6.07) is 0.